The number of anilines is 1. The monoisotopic (exact) mass is 445 g/mol. The van der Waals surface area contributed by atoms with Crippen molar-refractivity contribution in [2.45, 2.75) is 76.7 Å². The number of carbonyl (C=O) groups excluding carboxylic acids is 1. The Labute approximate surface area is 199 Å². The molecule has 0 amide bonds. The summed E-state index contributed by atoms with van der Waals surface area (Å²) in [7, 11) is 4.22. The number of fused-ring (bicyclic) bond motifs is 5. The Kier molecular flexibility index (Phi) is 4.96. The molecule has 0 N–H and O–H groups in total. The van der Waals surface area contributed by atoms with E-state index in [1.165, 1.54) is 48.9 Å². The Hall–Kier alpha value is -1.87. The van der Waals surface area contributed by atoms with E-state index in [0.29, 0.717) is 35.9 Å². The maximum absolute atomic E-state index is 12.3. The highest BCUT2D eigenvalue weighted by Gasteiger charge is 2.65. The van der Waals surface area contributed by atoms with Gasteiger partial charge in [-0.1, -0.05) is 31.6 Å². The lowest BCUT2D eigenvalue weighted by Gasteiger charge is -2.56. The molecule has 33 heavy (non-hydrogen) atoms. The Morgan fingerprint density at radius 3 is 2.58 bits per heavy atom. The molecule has 1 saturated heterocycles. The molecule has 3 heteroatoms. The largest absolute Gasteiger partial charge is 0.378 e. The molecular formula is C30H39NO2. The fraction of sp³-hybridized carbons (Fsp3) is 0.633. The smallest absolute Gasteiger partial charge is 0.156 e. The third-order valence-corrected chi connectivity index (χ3v) is 10.3. The molecule has 1 aromatic carbocycles. The van der Waals surface area contributed by atoms with Crippen molar-refractivity contribution >= 4 is 11.5 Å². The molecule has 0 aromatic heterocycles. The fourth-order valence-electron chi connectivity index (χ4n) is 8.74. The van der Waals surface area contributed by atoms with E-state index in [1.54, 1.807) is 11.1 Å². The topological polar surface area (TPSA) is 29.5 Å². The number of ketones is 1. The van der Waals surface area contributed by atoms with Crippen LogP contribution in [0.5, 0.6) is 0 Å². The van der Waals surface area contributed by atoms with Crippen LogP contribution in [0, 0.1) is 23.2 Å². The maximum atomic E-state index is 12.3. The standard InChI is InChI=1S/C30H39NO2/c1-19-16-21-17-23(32)10-11-24(21)28-25(20-6-8-22(9-7-20)31(3)4)18-29(2)26(27(19)28)12-14-30(29)13-5-15-33-30/h6-9,17,19,25-27H,5,10-16,18H2,1-4H3/t19-,25+,26?,27?,29-,30-/m0/s1. The van der Waals surface area contributed by atoms with Gasteiger partial charge >= 0.3 is 0 Å². The van der Waals surface area contributed by atoms with Gasteiger partial charge in [0, 0.05) is 44.1 Å². The first-order valence-electron chi connectivity index (χ1n) is 13.2. The lowest BCUT2D eigenvalue weighted by molar-refractivity contribution is -0.115. The lowest BCUT2D eigenvalue weighted by Crippen LogP contribution is -2.52. The molecule has 0 bridgehead atoms. The van der Waals surface area contributed by atoms with Gasteiger partial charge in [-0.3, -0.25) is 4.79 Å². The molecule has 6 atom stereocenters. The highest BCUT2D eigenvalue weighted by molar-refractivity contribution is 5.93. The van der Waals surface area contributed by atoms with Gasteiger partial charge in [-0.15, -0.1) is 0 Å². The molecule has 1 aliphatic heterocycles. The summed E-state index contributed by atoms with van der Waals surface area (Å²) in [4.78, 5) is 14.5. The van der Waals surface area contributed by atoms with Crippen LogP contribution >= 0.6 is 0 Å². The van der Waals surface area contributed by atoms with Crippen LogP contribution in [0.15, 0.2) is 47.1 Å². The molecule has 1 spiro atoms. The third-order valence-electron chi connectivity index (χ3n) is 10.3. The second-order valence-corrected chi connectivity index (χ2v) is 12.0. The number of hydrogen-bond donors (Lipinski definition) is 0. The number of ether oxygens (including phenoxy) is 1. The van der Waals surface area contributed by atoms with Crippen LogP contribution in [0.1, 0.15) is 76.7 Å². The van der Waals surface area contributed by atoms with Crippen molar-refractivity contribution in [3.63, 3.8) is 0 Å². The Bertz CT molecular complexity index is 1030. The van der Waals surface area contributed by atoms with Gasteiger partial charge in [-0.25, -0.2) is 0 Å². The summed E-state index contributed by atoms with van der Waals surface area (Å²) in [5.74, 6) is 2.66. The van der Waals surface area contributed by atoms with E-state index in [1.807, 2.05) is 6.08 Å². The van der Waals surface area contributed by atoms with Gasteiger partial charge < -0.3 is 9.64 Å². The fourth-order valence-corrected chi connectivity index (χ4v) is 8.74. The summed E-state index contributed by atoms with van der Waals surface area (Å²) in [5, 5.41) is 0. The molecular weight excluding hydrogens is 406 g/mol. The van der Waals surface area contributed by atoms with Crippen LogP contribution in [0.2, 0.25) is 0 Å². The average Bonchev–Trinajstić information content (AvgIpc) is 3.39. The van der Waals surface area contributed by atoms with E-state index >= 15 is 0 Å². The first-order chi connectivity index (χ1) is 15.8. The van der Waals surface area contributed by atoms with Crippen molar-refractivity contribution in [2.24, 2.45) is 23.2 Å². The van der Waals surface area contributed by atoms with Gasteiger partial charge in [0.2, 0.25) is 0 Å². The van der Waals surface area contributed by atoms with Gasteiger partial charge in [-0.05, 0) is 97.6 Å². The summed E-state index contributed by atoms with van der Waals surface area (Å²) in [6.45, 7) is 5.98. The molecule has 3 fully saturated rings. The minimum absolute atomic E-state index is 0.0774. The Morgan fingerprint density at radius 2 is 1.88 bits per heavy atom. The molecule has 0 radical (unpaired) electrons. The van der Waals surface area contributed by atoms with E-state index in [-0.39, 0.29) is 11.0 Å². The number of hydrogen-bond acceptors (Lipinski definition) is 3. The van der Waals surface area contributed by atoms with Crippen LogP contribution in [0.25, 0.3) is 0 Å². The summed E-state index contributed by atoms with van der Waals surface area (Å²) in [5.41, 5.74) is 7.62. The summed E-state index contributed by atoms with van der Waals surface area (Å²) < 4.78 is 6.67. The first-order valence-corrected chi connectivity index (χ1v) is 13.2. The van der Waals surface area contributed by atoms with Crippen LogP contribution in [0.4, 0.5) is 5.69 Å². The normalized spacial score (nSPS) is 39.9. The van der Waals surface area contributed by atoms with Crippen molar-refractivity contribution in [3.8, 4) is 0 Å². The van der Waals surface area contributed by atoms with Crippen LogP contribution < -0.4 is 4.90 Å². The van der Waals surface area contributed by atoms with E-state index in [2.05, 4.69) is 57.1 Å². The Morgan fingerprint density at radius 1 is 1.09 bits per heavy atom. The molecule has 3 nitrogen and oxygen atoms in total. The highest BCUT2D eigenvalue weighted by Crippen LogP contribution is 2.70. The van der Waals surface area contributed by atoms with Crippen molar-refractivity contribution in [3.05, 3.63) is 52.6 Å². The minimum Gasteiger partial charge on any atom is -0.378 e. The predicted octanol–water partition coefficient (Wildman–Crippen LogP) is 6.45. The van der Waals surface area contributed by atoms with Crippen molar-refractivity contribution in [2.75, 3.05) is 25.6 Å². The number of rotatable bonds is 2. The minimum atomic E-state index is 0.0774. The number of nitrogens with zero attached hydrogens (tertiary/aromatic N) is 1. The van der Waals surface area contributed by atoms with Crippen molar-refractivity contribution in [1.29, 1.82) is 0 Å². The predicted molar refractivity (Wildman–Crippen MR) is 133 cm³/mol. The zero-order valence-electron chi connectivity index (χ0n) is 20.8. The first kappa shape index (κ1) is 21.6. The van der Waals surface area contributed by atoms with E-state index in [0.717, 1.165) is 19.4 Å². The molecule has 176 valence electrons. The molecule has 2 unspecified atom stereocenters. The zero-order valence-corrected chi connectivity index (χ0v) is 20.8. The molecule has 2 saturated carbocycles. The van der Waals surface area contributed by atoms with Crippen LogP contribution in [-0.2, 0) is 9.53 Å². The Balaban J connectivity index is 1.52. The highest BCUT2D eigenvalue weighted by atomic mass is 16.5. The van der Waals surface area contributed by atoms with Gasteiger partial charge in [0.15, 0.2) is 5.78 Å². The molecule has 5 aliphatic rings. The number of allylic oxidation sites excluding steroid dienone is 4. The molecule has 6 rings (SSSR count). The second kappa shape index (κ2) is 7.57. The van der Waals surface area contributed by atoms with E-state index < -0.39 is 0 Å². The third kappa shape index (κ3) is 3.07. The van der Waals surface area contributed by atoms with Crippen LogP contribution in [-0.4, -0.2) is 32.1 Å². The van der Waals surface area contributed by atoms with E-state index in [9.17, 15) is 4.79 Å². The van der Waals surface area contributed by atoms with Gasteiger partial charge in [0.1, 0.15) is 0 Å². The molecule has 1 aromatic rings. The van der Waals surface area contributed by atoms with Gasteiger partial charge in [0.05, 0.1) is 5.60 Å². The van der Waals surface area contributed by atoms with Crippen molar-refractivity contribution < 1.29 is 9.53 Å². The number of benzene rings is 1. The van der Waals surface area contributed by atoms with Gasteiger partial charge in [-0.2, -0.15) is 0 Å². The quantitative estimate of drug-likeness (QED) is 0.524. The summed E-state index contributed by atoms with van der Waals surface area (Å²) in [6.07, 6.45) is 10.9. The van der Waals surface area contributed by atoms with Crippen molar-refractivity contribution in [1.82, 2.24) is 0 Å². The van der Waals surface area contributed by atoms with E-state index in [4.69, 9.17) is 4.74 Å². The SMILES string of the molecule is C[C@H]1CC2=CC(=O)CCC2=C2C1C1CC[C@@]3(CCCO3)[C@@]1(C)C[C@@H]2c1ccc(N(C)C)cc1. The second-order valence-electron chi connectivity index (χ2n) is 12.0. The molecule has 1 heterocycles. The summed E-state index contributed by atoms with van der Waals surface area (Å²) >= 11 is 0. The maximum Gasteiger partial charge on any atom is 0.156 e. The van der Waals surface area contributed by atoms with Gasteiger partial charge in [0.25, 0.3) is 0 Å². The lowest BCUT2D eigenvalue weighted by atomic mass is 9.49. The molecule has 4 aliphatic carbocycles. The average molecular weight is 446 g/mol. The van der Waals surface area contributed by atoms with Crippen LogP contribution in [0.3, 0.4) is 0 Å². The summed E-state index contributed by atoms with van der Waals surface area (Å²) in [6, 6.07) is 9.33. The zero-order chi connectivity index (χ0) is 23.0. The number of carbonyl (C=O) groups is 1.